The van der Waals surface area contributed by atoms with Crippen LogP contribution in [0.1, 0.15) is 27.7 Å². The van der Waals surface area contributed by atoms with E-state index in [-0.39, 0.29) is 12.2 Å². The van der Waals surface area contributed by atoms with Gasteiger partial charge in [-0.1, -0.05) is 0 Å². The van der Waals surface area contributed by atoms with Gasteiger partial charge in [0.2, 0.25) is 0 Å². The summed E-state index contributed by atoms with van der Waals surface area (Å²) in [5.41, 5.74) is 0. The molecule has 92 valence electrons. The average Bonchev–Trinajstić information content (AvgIpc) is 2.13. The highest BCUT2D eigenvalue weighted by atomic mass is 16.5. The fraction of sp³-hybridized carbons (Fsp3) is 1.00. The predicted octanol–water partition coefficient (Wildman–Crippen LogP) is 0.787. The van der Waals surface area contributed by atoms with E-state index in [0.29, 0.717) is 19.8 Å². The fourth-order valence-electron chi connectivity index (χ4n) is 0.998. The number of rotatable bonds is 9. The number of ether oxygens (including phenoxy) is 2. The Morgan fingerprint density at radius 3 is 2.20 bits per heavy atom. The molecule has 4 nitrogen and oxygen atoms in total. The maximum Gasteiger partial charge on any atom is 0.0897 e. The minimum atomic E-state index is -0.438. The van der Waals surface area contributed by atoms with Crippen LogP contribution in [0.4, 0.5) is 0 Å². The average molecular weight is 219 g/mol. The van der Waals surface area contributed by atoms with Gasteiger partial charge in [-0.05, 0) is 27.7 Å². The summed E-state index contributed by atoms with van der Waals surface area (Å²) in [6, 6.07) is 0. The van der Waals surface area contributed by atoms with Crippen LogP contribution in [0.25, 0.3) is 0 Å². The lowest BCUT2D eigenvalue weighted by Crippen LogP contribution is -2.33. The Morgan fingerprint density at radius 2 is 1.67 bits per heavy atom. The second-order valence-corrected chi connectivity index (χ2v) is 4.16. The normalized spacial score (nSPS) is 13.8. The van der Waals surface area contributed by atoms with Gasteiger partial charge < -0.3 is 19.9 Å². The molecule has 0 rings (SSSR count). The summed E-state index contributed by atoms with van der Waals surface area (Å²) in [4.78, 5) is 0. The van der Waals surface area contributed by atoms with Gasteiger partial charge >= 0.3 is 0 Å². The number of nitrogens with one attached hydrogen (secondary N) is 1. The third-order valence-corrected chi connectivity index (χ3v) is 1.73. The van der Waals surface area contributed by atoms with Gasteiger partial charge in [0.15, 0.2) is 0 Å². The topological polar surface area (TPSA) is 50.7 Å². The smallest absolute Gasteiger partial charge is 0.0897 e. The summed E-state index contributed by atoms with van der Waals surface area (Å²) < 4.78 is 10.6. The minimum Gasteiger partial charge on any atom is -0.389 e. The van der Waals surface area contributed by atoms with Crippen LogP contribution in [0.3, 0.4) is 0 Å². The second-order valence-electron chi connectivity index (χ2n) is 4.16. The third-order valence-electron chi connectivity index (χ3n) is 1.73. The molecular weight excluding hydrogens is 194 g/mol. The molecule has 0 heterocycles. The Bertz CT molecular complexity index is 140. The monoisotopic (exact) mass is 219 g/mol. The molecule has 0 spiro atoms. The van der Waals surface area contributed by atoms with E-state index in [0.717, 1.165) is 6.54 Å². The summed E-state index contributed by atoms with van der Waals surface area (Å²) in [6.07, 6.45) is -0.00336. The van der Waals surface area contributed by atoms with Gasteiger partial charge in [0.25, 0.3) is 0 Å². The first-order valence-electron chi connectivity index (χ1n) is 5.64. The lowest BCUT2D eigenvalue weighted by atomic mass is 10.3. The summed E-state index contributed by atoms with van der Waals surface area (Å²) in [5, 5.41) is 12.6. The Kier molecular flexibility index (Phi) is 9.00. The molecule has 0 aliphatic heterocycles. The Labute approximate surface area is 93.0 Å². The largest absolute Gasteiger partial charge is 0.389 e. The van der Waals surface area contributed by atoms with Crippen LogP contribution >= 0.6 is 0 Å². The molecule has 0 saturated heterocycles. The molecule has 0 aromatic carbocycles. The second kappa shape index (κ2) is 9.09. The summed E-state index contributed by atoms with van der Waals surface area (Å²) in [6.45, 7) is 10.3. The molecule has 0 aromatic heterocycles. The van der Waals surface area contributed by atoms with Crippen molar-refractivity contribution in [1.29, 1.82) is 0 Å². The van der Waals surface area contributed by atoms with E-state index >= 15 is 0 Å². The summed E-state index contributed by atoms with van der Waals surface area (Å²) >= 11 is 0. The van der Waals surface area contributed by atoms with Crippen molar-refractivity contribution in [1.82, 2.24) is 5.32 Å². The van der Waals surface area contributed by atoms with Crippen LogP contribution in [0.2, 0.25) is 0 Å². The first-order chi connectivity index (χ1) is 7.02. The van der Waals surface area contributed by atoms with Gasteiger partial charge in [0.1, 0.15) is 0 Å². The zero-order valence-electron chi connectivity index (χ0n) is 10.3. The van der Waals surface area contributed by atoms with Crippen molar-refractivity contribution in [2.75, 3.05) is 26.3 Å². The van der Waals surface area contributed by atoms with Crippen molar-refractivity contribution in [2.24, 2.45) is 0 Å². The van der Waals surface area contributed by atoms with Gasteiger partial charge in [-0.3, -0.25) is 0 Å². The summed E-state index contributed by atoms with van der Waals surface area (Å²) in [7, 11) is 0. The molecular formula is C11H25NO3. The van der Waals surface area contributed by atoms with Crippen molar-refractivity contribution in [3.05, 3.63) is 0 Å². The molecule has 0 aromatic rings. The number of hydrogen-bond donors (Lipinski definition) is 2. The number of hydrogen-bond acceptors (Lipinski definition) is 4. The first-order valence-corrected chi connectivity index (χ1v) is 5.64. The molecule has 0 bridgehead atoms. The Hall–Kier alpha value is -0.160. The van der Waals surface area contributed by atoms with E-state index in [1.807, 2.05) is 27.7 Å². The van der Waals surface area contributed by atoms with Gasteiger partial charge in [-0.2, -0.15) is 0 Å². The molecule has 0 fully saturated rings. The highest BCUT2D eigenvalue weighted by Gasteiger charge is 2.04. The van der Waals surface area contributed by atoms with E-state index in [4.69, 9.17) is 9.47 Å². The van der Waals surface area contributed by atoms with Crippen molar-refractivity contribution >= 4 is 0 Å². The van der Waals surface area contributed by atoms with Gasteiger partial charge in [0.05, 0.1) is 31.5 Å². The highest BCUT2D eigenvalue weighted by Crippen LogP contribution is 1.91. The molecule has 0 aliphatic carbocycles. The lowest BCUT2D eigenvalue weighted by Gasteiger charge is -2.14. The van der Waals surface area contributed by atoms with E-state index in [1.54, 1.807) is 0 Å². The zero-order valence-corrected chi connectivity index (χ0v) is 10.3. The molecule has 0 saturated carbocycles. The van der Waals surface area contributed by atoms with Gasteiger partial charge in [-0.15, -0.1) is 0 Å². The highest BCUT2D eigenvalue weighted by molar-refractivity contribution is 4.58. The molecule has 0 amide bonds. The molecule has 0 radical (unpaired) electrons. The van der Waals surface area contributed by atoms with Crippen LogP contribution in [0, 0.1) is 0 Å². The SMILES string of the molecule is CC(C)OCCNCC(O)COC(C)C. The van der Waals surface area contributed by atoms with Crippen LogP contribution < -0.4 is 5.32 Å². The minimum absolute atomic E-state index is 0.170. The molecule has 1 atom stereocenters. The number of aliphatic hydroxyl groups excluding tert-OH is 1. The number of aliphatic hydroxyl groups is 1. The Balaban J connectivity index is 3.20. The van der Waals surface area contributed by atoms with E-state index in [9.17, 15) is 5.11 Å². The van der Waals surface area contributed by atoms with Crippen LogP contribution in [0.15, 0.2) is 0 Å². The molecule has 1 unspecified atom stereocenters. The third kappa shape index (κ3) is 11.8. The van der Waals surface area contributed by atoms with Crippen LogP contribution in [-0.4, -0.2) is 49.7 Å². The van der Waals surface area contributed by atoms with E-state index in [1.165, 1.54) is 0 Å². The van der Waals surface area contributed by atoms with E-state index in [2.05, 4.69) is 5.32 Å². The van der Waals surface area contributed by atoms with Crippen molar-refractivity contribution in [2.45, 2.75) is 46.0 Å². The van der Waals surface area contributed by atoms with Crippen molar-refractivity contribution in [3.8, 4) is 0 Å². The molecule has 0 aliphatic rings. The molecule has 2 N–H and O–H groups in total. The maximum absolute atomic E-state index is 9.48. The molecule has 15 heavy (non-hydrogen) atoms. The zero-order chi connectivity index (χ0) is 11.7. The maximum atomic E-state index is 9.48. The quantitative estimate of drug-likeness (QED) is 0.563. The van der Waals surface area contributed by atoms with Crippen LogP contribution in [0.5, 0.6) is 0 Å². The molecule has 4 heteroatoms. The first kappa shape index (κ1) is 14.8. The van der Waals surface area contributed by atoms with Crippen molar-refractivity contribution < 1.29 is 14.6 Å². The fourth-order valence-corrected chi connectivity index (χ4v) is 0.998. The van der Waals surface area contributed by atoms with Crippen molar-refractivity contribution in [3.63, 3.8) is 0 Å². The lowest BCUT2D eigenvalue weighted by molar-refractivity contribution is 0.00517. The Morgan fingerprint density at radius 1 is 1.07 bits per heavy atom. The van der Waals surface area contributed by atoms with Gasteiger partial charge in [0, 0.05) is 13.1 Å². The predicted molar refractivity (Wildman–Crippen MR) is 61.1 cm³/mol. The summed E-state index contributed by atoms with van der Waals surface area (Å²) in [5.74, 6) is 0. The van der Waals surface area contributed by atoms with Crippen LogP contribution in [-0.2, 0) is 9.47 Å². The van der Waals surface area contributed by atoms with Gasteiger partial charge in [-0.25, -0.2) is 0 Å². The van der Waals surface area contributed by atoms with E-state index < -0.39 is 6.10 Å². The standard InChI is InChI=1S/C11H25NO3/c1-9(2)14-6-5-12-7-11(13)8-15-10(3)4/h9-13H,5-8H2,1-4H3.